The summed E-state index contributed by atoms with van der Waals surface area (Å²) in [6.45, 7) is 4.18. The average Bonchev–Trinajstić information content (AvgIpc) is 2.92. The third-order valence-electron chi connectivity index (χ3n) is 3.27. The summed E-state index contributed by atoms with van der Waals surface area (Å²) >= 11 is 1.16. The number of ether oxygens (including phenoxy) is 2. The highest BCUT2D eigenvalue weighted by Crippen LogP contribution is 2.30. The molecule has 0 aromatic carbocycles. The Hall–Kier alpha value is -1.51. The van der Waals surface area contributed by atoms with Crippen molar-refractivity contribution in [1.29, 1.82) is 0 Å². The minimum Gasteiger partial charge on any atom is -0.464 e. The van der Waals surface area contributed by atoms with Crippen molar-refractivity contribution in [1.82, 2.24) is 4.98 Å². The highest BCUT2D eigenvalue weighted by molar-refractivity contribution is 7.17. The molecule has 0 aliphatic carbocycles. The number of rotatable bonds is 4. The molecule has 0 amide bonds. The Morgan fingerprint density at radius 1 is 1.57 bits per heavy atom. The number of aliphatic hydroxyl groups is 1. The van der Waals surface area contributed by atoms with Crippen molar-refractivity contribution in [3.8, 4) is 0 Å². The van der Waals surface area contributed by atoms with Crippen molar-refractivity contribution >= 4 is 28.2 Å². The molecule has 0 radical (unpaired) electrons. The molecule has 7 nitrogen and oxygen atoms in total. The molecule has 1 fully saturated rings. The molecule has 2 heterocycles. The molecule has 0 spiro atoms. The van der Waals surface area contributed by atoms with Gasteiger partial charge in [0.05, 0.1) is 32.5 Å². The summed E-state index contributed by atoms with van der Waals surface area (Å²) < 4.78 is 10.1. The smallest absolute Gasteiger partial charge is 0.358 e. The van der Waals surface area contributed by atoms with Gasteiger partial charge >= 0.3 is 5.97 Å². The molecular weight excluding hydrogens is 296 g/mol. The molecule has 1 aromatic rings. The highest BCUT2D eigenvalue weighted by Gasteiger charge is 2.30. The first-order valence-corrected chi connectivity index (χ1v) is 7.38. The number of esters is 1. The number of methoxy groups -OCH3 is 1. The molecule has 116 valence electrons. The predicted molar refractivity (Wildman–Crippen MR) is 77.1 cm³/mol. The van der Waals surface area contributed by atoms with Crippen LogP contribution in [0.4, 0.5) is 5.13 Å². The van der Waals surface area contributed by atoms with Gasteiger partial charge in [0.2, 0.25) is 0 Å². The van der Waals surface area contributed by atoms with Gasteiger partial charge < -0.3 is 19.5 Å². The number of anilines is 1. The zero-order valence-electron chi connectivity index (χ0n) is 12.2. The first-order chi connectivity index (χ1) is 9.97. The summed E-state index contributed by atoms with van der Waals surface area (Å²) in [7, 11) is 1.25. The fourth-order valence-electron chi connectivity index (χ4n) is 2.10. The maximum Gasteiger partial charge on any atom is 0.358 e. The second kappa shape index (κ2) is 6.50. The van der Waals surface area contributed by atoms with E-state index in [4.69, 9.17) is 4.74 Å². The number of thiazole rings is 1. The van der Waals surface area contributed by atoms with Gasteiger partial charge in [0.25, 0.3) is 0 Å². The summed E-state index contributed by atoms with van der Waals surface area (Å²) in [6.07, 6.45) is -0.299. The second-order valence-electron chi connectivity index (χ2n) is 4.86. The van der Waals surface area contributed by atoms with Crippen molar-refractivity contribution in [3.05, 3.63) is 10.6 Å². The third kappa shape index (κ3) is 3.22. The number of carbonyl (C=O) groups is 2. The van der Waals surface area contributed by atoms with E-state index < -0.39 is 5.97 Å². The van der Waals surface area contributed by atoms with Crippen LogP contribution in [0.15, 0.2) is 0 Å². The number of morpholine rings is 1. The molecule has 1 aliphatic heterocycles. The molecule has 0 bridgehead atoms. The highest BCUT2D eigenvalue weighted by atomic mass is 32.1. The number of aromatic nitrogens is 1. The molecule has 1 aliphatic rings. The molecule has 1 N–H and O–H groups in total. The van der Waals surface area contributed by atoms with Crippen LogP contribution in [0, 0.1) is 0 Å². The van der Waals surface area contributed by atoms with Crippen molar-refractivity contribution in [2.45, 2.75) is 26.0 Å². The van der Waals surface area contributed by atoms with Gasteiger partial charge in [0.1, 0.15) is 4.88 Å². The monoisotopic (exact) mass is 314 g/mol. The maximum atomic E-state index is 11.7. The molecule has 2 unspecified atom stereocenters. The van der Waals surface area contributed by atoms with Gasteiger partial charge in [-0.1, -0.05) is 11.3 Å². The summed E-state index contributed by atoms with van der Waals surface area (Å²) in [5, 5.41) is 9.78. The van der Waals surface area contributed by atoms with Gasteiger partial charge in [-0.05, 0) is 6.92 Å². The Balaban J connectivity index is 2.35. The van der Waals surface area contributed by atoms with Crippen LogP contribution in [0.1, 0.15) is 34.0 Å². The lowest BCUT2D eigenvalue weighted by atomic mass is 10.2. The minimum absolute atomic E-state index is 0.0456. The van der Waals surface area contributed by atoms with Gasteiger partial charge in [0, 0.05) is 13.5 Å². The first kappa shape index (κ1) is 15.9. The summed E-state index contributed by atoms with van der Waals surface area (Å²) in [5.74, 6) is -0.846. The van der Waals surface area contributed by atoms with Gasteiger partial charge in [-0.25, -0.2) is 9.78 Å². The van der Waals surface area contributed by atoms with E-state index in [1.54, 1.807) is 0 Å². The molecule has 21 heavy (non-hydrogen) atoms. The third-order valence-corrected chi connectivity index (χ3v) is 4.46. The number of hydrogen-bond donors (Lipinski definition) is 1. The van der Waals surface area contributed by atoms with Gasteiger partial charge in [0.15, 0.2) is 16.6 Å². The van der Waals surface area contributed by atoms with Gasteiger partial charge in [-0.3, -0.25) is 4.79 Å². The Morgan fingerprint density at radius 3 is 2.86 bits per heavy atom. The van der Waals surface area contributed by atoms with Crippen LogP contribution in [-0.4, -0.2) is 60.9 Å². The number of Topliss-reactive ketones (excluding diaryl/α,β-unsaturated/α-hetero) is 1. The van der Waals surface area contributed by atoms with Crippen LogP contribution >= 0.6 is 11.3 Å². The van der Waals surface area contributed by atoms with Gasteiger partial charge in [-0.2, -0.15) is 0 Å². The Kier molecular flexibility index (Phi) is 4.92. The topological polar surface area (TPSA) is 89.0 Å². The van der Waals surface area contributed by atoms with E-state index in [-0.39, 0.29) is 35.1 Å². The first-order valence-electron chi connectivity index (χ1n) is 6.57. The lowest BCUT2D eigenvalue weighted by Gasteiger charge is -2.37. The summed E-state index contributed by atoms with van der Waals surface area (Å²) in [4.78, 5) is 29.9. The van der Waals surface area contributed by atoms with Crippen LogP contribution in [-0.2, 0) is 9.47 Å². The van der Waals surface area contributed by atoms with Crippen molar-refractivity contribution < 1.29 is 24.2 Å². The minimum atomic E-state index is -0.623. The Bertz CT molecular complexity index is 545. The lowest BCUT2D eigenvalue weighted by molar-refractivity contribution is -0.0103. The zero-order valence-corrected chi connectivity index (χ0v) is 13.0. The summed E-state index contributed by atoms with van der Waals surface area (Å²) in [6, 6.07) is 0.0456. The molecule has 8 heteroatoms. The molecule has 0 saturated carbocycles. The van der Waals surface area contributed by atoms with Crippen LogP contribution in [0.25, 0.3) is 0 Å². The van der Waals surface area contributed by atoms with Crippen LogP contribution in [0.3, 0.4) is 0 Å². The van der Waals surface area contributed by atoms with Crippen LogP contribution in [0.2, 0.25) is 0 Å². The van der Waals surface area contributed by atoms with E-state index in [9.17, 15) is 14.7 Å². The number of hydrogen-bond acceptors (Lipinski definition) is 8. The maximum absolute atomic E-state index is 11.7. The van der Waals surface area contributed by atoms with Gasteiger partial charge in [-0.15, -0.1) is 0 Å². The molecule has 2 rings (SSSR count). The summed E-state index contributed by atoms with van der Waals surface area (Å²) in [5.41, 5.74) is 0.0456. The van der Waals surface area contributed by atoms with E-state index >= 15 is 0 Å². The van der Waals surface area contributed by atoms with E-state index in [1.165, 1.54) is 14.0 Å². The lowest BCUT2D eigenvalue weighted by Crippen LogP contribution is -2.49. The number of nitrogens with zero attached hydrogens (tertiary/aromatic N) is 2. The normalized spacial score (nSPS) is 22.2. The van der Waals surface area contributed by atoms with Crippen molar-refractivity contribution in [2.75, 3.05) is 31.8 Å². The number of ketones is 1. The fourth-order valence-corrected chi connectivity index (χ4v) is 3.16. The van der Waals surface area contributed by atoms with E-state index in [0.29, 0.717) is 18.3 Å². The molecule has 1 aromatic heterocycles. The van der Waals surface area contributed by atoms with E-state index in [0.717, 1.165) is 11.3 Å². The van der Waals surface area contributed by atoms with Crippen LogP contribution < -0.4 is 4.90 Å². The Morgan fingerprint density at radius 2 is 2.29 bits per heavy atom. The van der Waals surface area contributed by atoms with Crippen molar-refractivity contribution in [2.24, 2.45) is 0 Å². The quantitative estimate of drug-likeness (QED) is 0.647. The number of aliphatic hydroxyl groups excluding tert-OH is 1. The fraction of sp³-hybridized carbons (Fsp3) is 0.615. The zero-order chi connectivity index (χ0) is 15.6. The van der Waals surface area contributed by atoms with Crippen molar-refractivity contribution in [3.63, 3.8) is 0 Å². The molecule has 2 atom stereocenters. The molecule has 1 saturated heterocycles. The second-order valence-corrected chi connectivity index (χ2v) is 5.84. The van der Waals surface area contributed by atoms with E-state index in [2.05, 4.69) is 9.72 Å². The standard InChI is InChI=1S/C13H18N2O5S/c1-7-6-20-9(5-16)4-15(7)13-14-10(12(18)19-3)11(21-13)8(2)17/h7,9,16H,4-6H2,1-3H3. The molecular formula is C13H18N2O5S. The number of carbonyl (C=O) groups excluding carboxylic acids is 2. The van der Waals surface area contributed by atoms with E-state index in [1.807, 2.05) is 11.8 Å². The van der Waals surface area contributed by atoms with Crippen LogP contribution in [0.5, 0.6) is 0 Å². The largest absolute Gasteiger partial charge is 0.464 e. The SMILES string of the molecule is COC(=O)c1nc(N2CC(CO)OCC2C)sc1C(C)=O. The average molecular weight is 314 g/mol. The predicted octanol–water partition coefficient (Wildman–Crippen LogP) is 0.718. The Labute approximate surface area is 126 Å².